The molecule has 0 atom stereocenters. The zero-order chi connectivity index (χ0) is 23.4. The molecule has 1 aromatic rings. The van der Waals surface area contributed by atoms with Crippen LogP contribution in [0.3, 0.4) is 0 Å². The van der Waals surface area contributed by atoms with Gasteiger partial charge in [-0.05, 0) is 43.4 Å². The number of hydrogen-bond donors (Lipinski definition) is 1. The predicted molar refractivity (Wildman–Crippen MR) is 109 cm³/mol. The number of methoxy groups -OCH3 is 1. The molecule has 10 heteroatoms. The lowest BCUT2D eigenvalue weighted by atomic mass is 9.89. The van der Waals surface area contributed by atoms with Crippen LogP contribution in [-0.2, 0) is 20.9 Å². The molecule has 1 aromatic carbocycles. The van der Waals surface area contributed by atoms with Crippen molar-refractivity contribution < 1.29 is 37.3 Å². The molecule has 0 radical (unpaired) electrons. The molecule has 2 saturated heterocycles. The SMILES string of the molecule is COc1cccc(CN2CCOC3(CCN(C(=O)C4CC4)CC3)C2)c1.O=C(O)C(F)(F)F. The third-order valence-electron chi connectivity index (χ3n) is 6.02. The van der Waals surface area contributed by atoms with E-state index < -0.39 is 12.1 Å². The van der Waals surface area contributed by atoms with Crippen molar-refractivity contribution in [3.05, 3.63) is 29.8 Å². The van der Waals surface area contributed by atoms with E-state index >= 15 is 0 Å². The van der Waals surface area contributed by atoms with Crippen molar-refractivity contribution in [1.29, 1.82) is 0 Å². The van der Waals surface area contributed by atoms with Gasteiger partial charge < -0.3 is 19.5 Å². The van der Waals surface area contributed by atoms with E-state index in [-0.39, 0.29) is 5.60 Å². The Balaban J connectivity index is 0.000000360. The molecule has 0 unspecified atom stereocenters. The molecule has 0 aromatic heterocycles. The Hall–Kier alpha value is -2.33. The van der Waals surface area contributed by atoms with E-state index in [0.29, 0.717) is 11.8 Å². The lowest BCUT2D eigenvalue weighted by Gasteiger charge is -2.47. The summed E-state index contributed by atoms with van der Waals surface area (Å²) in [5.74, 6) is -1.15. The summed E-state index contributed by atoms with van der Waals surface area (Å²) in [6, 6.07) is 8.30. The van der Waals surface area contributed by atoms with Gasteiger partial charge in [-0.1, -0.05) is 12.1 Å². The maximum Gasteiger partial charge on any atom is 0.490 e. The molecule has 0 bridgehead atoms. The molecule has 3 fully saturated rings. The number of benzene rings is 1. The van der Waals surface area contributed by atoms with Crippen molar-refractivity contribution in [3.63, 3.8) is 0 Å². The minimum absolute atomic E-state index is 0.0720. The van der Waals surface area contributed by atoms with Crippen LogP contribution in [0.1, 0.15) is 31.2 Å². The minimum atomic E-state index is -5.08. The van der Waals surface area contributed by atoms with Crippen LogP contribution in [0.2, 0.25) is 0 Å². The minimum Gasteiger partial charge on any atom is -0.497 e. The number of rotatable bonds is 4. The molecule has 3 aliphatic rings. The predicted octanol–water partition coefficient (Wildman–Crippen LogP) is 2.93. The number of hydrogen-bond acceptors (Lipinski definition) is 5. The van der Waals surface area contributed by atoms with E-state index in [9.17, 15) is 18.0 Å². The normalized spacial score (nSPS) is 20.9. The van der Waals surface area contributed by atoms with Gasteiger partial charge in [0.05, 0.1) is 19.3 Å². The number of carbonyl (C=O) groups is 2. The molecule has 2 heterocycles. The van der Waals surface area contributed by atoms with E-state index in [0.717, 1.165) is 70.8 Å². The van der Waals surface area contributed by atoms with Gasteiger partial charge in [0.2, 0.25) is 5.91 Å². The summed E-state index contributed by atoms with van der Waals surface area (Å²) in [5, 5.41) is 7.12. The van der Waals surface area contributed by atoms with Gasteiger partial charge in [-0.25, -0.2) is 4.79 Å². The zero-order valence-corrected chi connectivity index (χ0v) is 18.1. The molecule has 1 aliphatic carbocycles. The van der Waals surface area contributed by atoms with Crippen molar-refractivity contribution in [2.24, 2.45) is 5.92 Å². The lowest BCUT2D eigenvalue weighted by Crippen LogP contribution is -2.57. The quantitative estimate of drug-likeness (QED) is 0.748. The third kappa shape index (κ3) is 6.59. The molecule has 2 aliphatic heterocycles. The highest BCUT2D eigenvalue weighted by Gasteiger charge is 2.42. The third-order valence-corrected chi connectivity index (χ3v) is 6.02. The van der Waals surface area contributed by atoms with Crippen molar-refractivity contribution >= 4 is 11.9 Å². The summed E-state index contributed by atoms with van der Waals surface area (Å²) in [6.07, 6.45) is -0.989. The molecular formula is C22H29F3N2O5. The maximum absolute atomic E-state index is 12.3. The number of carbonyl (C=O) groups excluding carboxylic acids is 1. The Bertz CT molecular complexity index is 805. The topological polar surface area (TPSA) is 79.3 Å². The number of carboxylic acid groups (broad SMARTS) is 1. The van der Waals surface area contributed by atoms with Crippen LogP contribution < -0.4 is 4.74 Å². The number of likely N-dealkylation sites (tertiary alicyclic amines) is 1. The van der Waals surface area contributed by atoms with E-state index in [4.69, 9.17) is 19.4 Å². The van der Waals surface area contributed by atoms with Gasteiger partial charge in [0.15, 0.2) is 0 Å². The number of carboxylic acids is 1. The Morgan fingerprint density at radius 3 is 2.44 bits per heavy atom. The number of piperidine rings is 1. The van der Waals surface area contributed by atoms with Gasteiger partial charge in [-0.2, -0.15) is 13.2 Å². The van der Waals surface area contributed by atoms with Gasteiger partial charge in [0.1, 0.15) is 5.75 Å². The van der Waals surface area contributed by atoms with Crippen molar-refractivity contribution in [2.75, 3.05) is 39.9 Å². The number of ether oxygens (including phenoxy) is 2. The van der Waals surface area contributed by atoms with E-state index in [1.165, 1.54) is 5.56 Å². The van der Waals surface area contributed by atoms with Gasteiger partial charge in [0.25, 0.3) is 0 Å². The molecule has 32 heavy (non-hydrogen) atoms. The van der Waals surface area contributed by atoms with Gasteiger partial charge in [-0.3, -0.25) is 9.69 Å². The molecule has 1 spiro atoms. The first-order valence-corrected chi connectivity index (χ1v) is 10.7. The highest BCUT2D eigenvalue weighted by molar-refractivity contribution is 5.81. The molecule has 4 rings (SSSR count). The van der Waals surface area contributed by atoms with Crippen LogP contribution in [0, 0.1) is 5.92 Å². The van der Waals surface area contributed by atoms with Gasteiger partial charge in [0, 0.05) is 38.6 Å². The second-order valence-electron chi connectivity index (χ2n) is 8.50. The van der Waals surface area contributed by atoms with Crippen molar-refractivity contribution in [3.8, 4) is 5.75 Å². The van der Waals surface area contributed by atoms with Crippen LogP contribution in [0.25, 0.3) is 0 Å². The molecule has 7 nitrogen and oxygen atoms in total. The maximum atomic E-state index is 12.3. The fraction of sp³-hybridized carbons (Fsp3) is 0.636. The molecule has 178 valence electrons. The largest absolute Gasteiger partial charge is 0.497 e. The molecule has 1 saturated carbocycles. The summed E-state index contributed by atoms with van der Waals surface area (Å²) < 4.78 is 43.3. The fourth-order valence-electron chi connectivity index (χ4n) is 4.11. The Labute approximate surface area is 185 Å². The fourth-order valence-corrected chi connectivity index (χ4v) is 4.11. The smallest absolute Gasteiger partial charge is 0.490 e. The van der Waals surface area contributed by atoms with Crippen LogP contribution in [0.15, 0.2) is 24.3 Å². The first kappa shape index (κ1) is 24.3. The second kappa shape index (κ2) is 10.1. The lowest BCUT2D eigenvalue weighted by molar-refractivity contribution is -0.192. The number of aliphatic carboxylic acids is 1. The monoisotopic (exact) mass is 458 g/mol. The number of morpholine rings is 1. The summed E-state index contributed by atoms with van der Waals surface area (Å²) >= 11 is 0. The number of nitrogens with zero attached hydrogens (tertiary/aromatic N) is 2. The first-order valence-electron chi connectivity index (χ1n) is 10.7. The van der Waals surface area contributed by atoms with Gasteiger partial charge >= 0.3 is 12.1 Å². The summed E-state index contributed by atoms with van der Waals surface area (Å²) in [4.78, 5) is 25.7. The summed E-state index contributed by atoms with van der Waals surface area (Å²) in [6.45, 7) is 5.32. The molecular weight excluding hydrogens is 429 g/mol. The van der Waals surface area contributed by atoms with Crippen molar-refractivity contribution in [2.45, 2.75) is 44.0 Å². The zero-order valence-electron chi connectivity index (χ0n) is 18.1. The first-order chi connectivity index (χ1) is 15.1. The number of alkyl halides is 3. The van der Waals surface area contributed by atoms with E-state index in [2.05, 4.69) is 21.9 Å². The van der Waals surface area contributed by atoms with E-state index in [1.54, 1.807) is 7.11 Å². The van der Waals surface area contributed by atoms with Crippen LogP contribution >= 0.6 is 0 Å². The van der Waals surface area contributed by atoms with Crippen LogP contribution in [0.5, 0.6) is 5.75 Å². The highest BCUT2D eigenvalue weighted by atomic mass is 19.4. The second-order valence-corrected chi connectivity index (χ2v) is 8.50. The van der Waals surface area contributed by atoms with Crippen molar-refractivity contribution in [1.82, 2.24) is 9.80 Å². The summed E-state index contributed by atoms with van der Waals surface area (Å²) in [5.41, 5.74) is 1.20. The number of amides is 1. The van der Waals surface area contributed by atoms with Crippen LogP contribution in [0.4, 0.5) is 13.2 Å². The van der Waals surface area contributed by atoms with Gasteiger partial charge in [-0.15, -0.1) is 0 Å². The Morgan fingerprint density at radius 2 is 1.88 bits per heavy atom. The standard InChI is InChI=1S/C20H28N2O3.C2HF3O2/c1-24-18-4-2-3-16(13-18)14-21-11-12-25-20(15-21)7-9-22(10-8-20)19(23)17-5-6-17;3-2(4,5)1(6)7/h2-4,13,17H,5-12,14-15H2,1H3;(H,6,7). The van der Waals surface area contributed by atoms with E-state index in [1.807, 2.05) is 12.1 Å². The average molecular weight is 458 g/mol. The highest BCUT2D eigenvalue weighted by Crippen LogP contribution is 2.35. The summed E-state index contributed by atoms with van der Waals surface area (Å²) in [7, 11) is 1.71. The molecule has 1 amide bonds. The molecule has 1 N–H and O–H groups in total. The Kier molecular flexibility index (Phi) is 7.66. The van der Waals surface area contributed by atoms with Crippen LogP contribution in [-0.4, -0.2) is 78.5 Å². The Morgan fingerprint density at radius 1 is 1.22 bits per heavy atom. The average Bonchev–Trinajstić information content (AvgIpc) is 3.59. The number of halogens is 3.